The summed E-state index contributed by atoms with van der Waals surface area (Å²) in [4.78, 5) is 39.8. The number of allylic oxidation sites excluding steroid dienone is 4. The molecule has 37 heavy (non-hydrogen) atoms. The smallest absolute Gasteiger partial charge is 0.262 e. The fraction of sp³-hybridized carbons (Fsp3) is 0.387. The fourth-order valence-corrected chi connectivity index (χ4v) is 5.91. The molecule has 2 N–H and O–H groups in total. The van der Waals surface area contributed by atoms with E-state index in [1.54, 1.807) is 0 Å². The number of amides is 1. The van der Waals surface area contributed by atoms with Crippen molar-refractivity contribution < 1.29 is 19.1 Å². The molecule has 3 aliphatic rings. The van der Waals surface area contributed by atoms with Crippen LogP contribution in [0, 0.1) is 10.8 Å². The van der Waals surface area contributed by atoms with Gasteiger partial charge in [0.2, 0.25) is 0 Å². The molecule has 2 aromatic carbocycles. The molecule has 2 aliphatic carbocycles. The molecular weight excluding hydrogens is 464 g/mol. The molecule has 0 unspecified atom stereocenters. The second kappa shape index (κ2) is 9.33. The van der Waals surface area contributed by atoms with E-state index in [1.165, 1.54) is 0 Å². The van der Waals surface area contributed by atoms with Gasteiger partial charge in [-0.2, -0.15) is 0 Å². The molecule has 2 aromatic rings. The van der Waals surface area contributed by atoms with E-state index >= 15 is 0 Å². The normalized spacial score (nSPS) is 20.6. The Balaban J connectivity index is 1.52. The minimum Gasteiger partial charge on any atom is -0.483 e. The van der Waals surface area contributed by atoms with E-state index in [1.807, 2.05) is 54.6 Å². The molecule has 0 bridgehead atoms. The number of ether oxygens (including phenoxy) is 1. The van der Waals surface area contributed by atoms with Gasteiger partial charge in [-0.3, -0.25) is 14.4 Å². The number of nitrogens with one attached hydrogen (secondary N) is 2. The summed E-state index contributed by atoms with van der Waals surface area (Å²) in [5.74, 6) is -0.162. The van der Waals surface area contributed by atoms with Gasteiger partial charge < -0.3 is 15.4 Å². The Morgan fingerprint density at radius 1 is 0.838 bits per heavy atom. The van der Waals surface area contributed by atoms with Crippen molar-refractivity contribution >= 4 is 23.2 Å². The second-order valence-corrected chi connectivity index (χ2v) is 12.0. The molecule has 1 aliphatic heterocycles. The maximum atomic E-state index is 13.6. The number of hydrogen-bond acceptors (Lipinski definition) is 5. The van der Waals surface area contributed by atoms with Gasteiger partial charge in [-0.15, -0.1) is 0 Å². The van der Waals surface area contributed by atoms with Gasteiger partial charge in [-0.05, 0) is 41.9 Å². The summed E-state index contributed by atoms with van der Waals surface area (Å²) in [5, 5.41) is 6.37. The Kier molecular flexibility index (Phi) is 6.30. The number of dihydropyridines is 1. The summed E-state index contributed by atoms with van der Waals surface area (Å²) < 4.78 is 6.04. The highest BCUT2D eigenvalue weighted by Gasteiger charge is 2.47. The van der Waals surface area contributed by atoms with Crippen LogP contribution in [0.25, 0.3) is 0 Å². The molecule has 0 spiro atoms. The average Bonchev–Trinajstić information content (AvgIpc) is 2.80. The summed E-state index contributed by atoms with van der Waals surface area (Å²) in [6, 6.07) is 16.7. The van der Waals surface area contributed by atoms with Crippen molar-refractivity contribution in [1.29, 1.82) is 0 Å². The third-order valence-corrected chi connectivity index (χ3v) is 7.37. The van der Waals surface area contributed by atoms with Gasteiger partial charge in [-0.25, -0.2) is 0 Å². The number of carbonyl (C=O) groups excluding carboxylic acids is 3. The molecule has 5 rings (SSSR count). The van der Waals surface area contributed by atoms with E-state index in [-0.39, 0.29) is 34.9 Å². The lowest BCUT2D eigenvalue weighted by molar-refractivity contribution is -0.120. The number of ketones is 2. The second-order valence-electron chi connectivity index (χ2n) is 12.0. The van der Waals surface area contributed by atoms with Gasteiger partial charge in [0.15, 0.2) is 18.2 Å². The van der Waals surface area contributed by atoms with Crippen LogP contribution in [0.5, 0.6) is 5.75 Å². The lowest BCUT2D eigenvalue weighted by atomic mass is 9.64. The predicted molar refractivity (Wildman–Crippen MR) is 143 cm³/mol. The molecule has 0 saturated carbocycles. The average molecular weight is 499 g/mol. The molecule has 1 heterocycles. The van der Waals surface area contributed by atoms with Crippen LogP contribution >= 0.6 is 0 Å². The maximum Gasteiger partial charge on any atom is 0.262 e. The fourth-order valence-electron chi connectivity index (χ4n) is 5.91. The molecule has 6 heteroatoms. The lowest BCUT2D eigenvalue weighted by Crippen LogP contribution is -2.42. The van der Waals surface area contributed by atoms with Crippen molar-refractivity contribution in [3.8, 4) is 5.75 Å². The minimum absolute atomic E-state index is 0.0598. The van der Waals surface area contributed by atoms with Gasteiger partial charge in [0.1, 0.15) is 5.75 Å². The van der Waals surface area contributed by atoms with Crippen LogP contribution in [0.1, 0.15) is 64.9 Å². The quantitative estimate of drug-likeness (QED) is 0.554. The number of para-hydroxylation sites is 2. The molecule has 0 atom stereocenters. The van der Waals surface area contributed by atoms with Crippen LogP contribution in [0.3, 0.4) is 0 Å². The number of hydrogen-bond donors (Lipinski definition) is 2. The SMILES string of the molecule is CC1(C)CC(=O)C2=C(C1)NC1=C(C(=O)CC(C)(C)C1)C2c1ccccc1OCC(=O)Nc1ccccc1. The Bertz CT molecular complexity index is 1280. The van der Waals surface area contributed by atoms with E-state index in [9.17, 15) is 14.4 Å². The molecule has 0 fully saturated rings. The van der Waals surface area contributed by atoms with Gasteiger partial charge >= 0.3 is 0 Å². The largest absolute Gasteiger partial charge is 0.483 e. The van der Waals surface area contributed by atoms with Crippen LogP contribution < -0.4 is 15.4 Å². The zero-order valence-electron chi connectivity index (χ0n) is 21.9. The van der Waals surface area contributed by atoms with E-state index < -0.39 is 5.92 Å². The summed E-state index contributed by atoms with van der Waals surface area (Å²) >= 11 is 0. The van der Waals surface area contributed by atoms with E-state index in [0.717, 1.165) is 29.8 Å². The van der Waals surface area contributed by atoms with Crippen LogP contribution in [0.15, 0.2) is 77.1 Å². The van der Waals surface area contributed by atoms with E-state index in [0.29, 0.717) is 35.4 Å². The van der Waals surface area contributed by atoms with Crippen molar-refractivity contribution in [3.05, 3.63) is 82.7 Å². The molecule has 1 amide bonds. The molecule has 192 valence electrons. The van der Waals surface area contributed by atoms with Crippen molar-refractivity contribution in [2.45, 2.75) is 59.3 Å². The Hall–Kier alpha value is -3.67. The zero-order valence-corrected chi connectivity index (χ0v) is 21.9. The Morgan fingerprint density at radius 3 is 1.97 bits per heavy atom. The monoisotopic (exact) mass is 498 g/mol. The molecule has 0 saturated heterocycles. The third-order valence-electron chi connectivity index (χ3n) is 7.37. The summed E-state index contributed by atoms with van der Waals surface area (Å²) in [7, 11) is 0. The predicted octanol–water partition coefficient (Wildman–Crippen LogP) is 5.68. The first-order valence-corrected chi connectivity index (χ1v) is 12.9. The van der Waals surface area contributed by atoms with E-state index in [4.69, 9.17) is 4.74 Å². The van der Waals surface area contributed by atoms with Gasteiger partial charge in [-0.1, -0.05) is 64.1 Å². The molecular formula is C31H34N2O4. The topological polar surface area (TPSA) is 84.5 Å². The van der Waals surface area contributed by atoms with Crippen molar-refractivity contribution in [1.82, 2.24) is 5.32 Å². The number of anilines is 1. The Labute approximate surface area is 218 Å². The van der Waals surface area contributed by atoms with E-state index in [2.05, 4.69) is 38.3 Å². The zero-order chi connectivity index (χ0) is 26.4. The molecule has 6 nitrogen and oxygen atoms in total. The molecule has 0 aromatic heterocycles. The summed E-state index contributed by atoms with van der Waals surface area (Å²) in [6.45, 7) is 8.24. The van der Waals surface area contributed by atoms with Gasteiger partial charge in [0, 0.05) is 52.6 Å². The third kappa shape index (κ3) is 5.10. The summed E-state index contributed by atoms with van der Waals surface area (Å²) in [6.07, 6.45) is 2.32. The number of carbonyl (C=O) groups is 3. The van der Waals surface area contributed by atoms with Gasteiger partial charge in [0.05, 0.1) is 0 Å². The highest BCUT2D eigenvalue weighted by molar-refractivity contribution is 6.07. The van der Waals surface area contributed by atoms with Crippen LogP contribution in [0.2, 0.25) is 0 Å². The minimum atomic E-state index is -0.508. The van der Waals surface area contributed by atoms with Crippen LogP contribution in [-0.4, -0.2) is 24.1 Å². The van der Waals surface area contributed by atoms with Crippen molar-refractivity contribution in [3.63, 3.8) is 0 Å². The first-order valence-electron chi connectivity index (χ1n) is 12.9. The standard InChI is InChI=1S/C31H34N2O4/c1-30(2)14-21-28(23(34)16-30)27(29-22(33-21)15-31(3,4)17-24(29)35)20-12-8-9-13-25(20)37-18-26(36)32-19-10-6-5-7-11-19/h5-13,27,33H,14-18H2,1-4H3,(H,32,36). The van der Waals surface area contributed by atoms with Crippen molar-refractivity contribution in [2.75, 3.05) is 11.9 Å². The first kappa shape index (κ1) is 25.0. The number of rotatable bonds is 5. The highest BCUT2D eigenvalue weighted by Crippen LogP contribution is 2.52. The number of benzene rings is 2. The van der Waals surface area contributed by atoms with Gasteiger partial charge in [0.25, 0.3) is 5.91 Å². The maximum absolute atomic E-state index is 13.6. The summed E-state index contributed by atoms with van der Waals surface area (Å²) in [5.41, 5.74) is 4.26. The highest BCUT2D eigenvalue weighted by atomic mass is 16.5. The van der Waals surface area contributed by atoms with Crippen LogP contribution in [0.4, 0.5) is 5.69 Å². The number of Topliss-reactive ketones (excluding diaryl/α,β-unsaturated/α-hetero) is 2. The molecule has 0 radical (unpaired) electrons. The van der Waals surface area contributed by atoms with Crippen LogP contribution in [-0.2, 0) is 14.4 Å². The van der Waals surface area contributed by atoms with Crippen molar-refractivity contribution in [2.24, 2.45) is 10.8 Å². The Morgan fingerprint density at radius 2 is 1.38 bits per heavy atom. The first-order chi connectivity index (χ1) is 17.5. The lowest BCUT2D eigenvalue weighted by Gasteiger charge is -2.44.